The third kappa shape index (κ3) is 11.0. The van der Waals surface area contributed by atoms with E-state index in [9.17, 15) is 0 Å². The first-order valence-electron chi connectivity index (χ1n) is 25.0. The summed E-state index contributed by atoms with van der Waals surface area (Å²) in [6.45, 7) is 19.5. The van der Waals surface area contributed by atoms with Crippen molar-refractivity contribution in [1.29, 1.82) is 0 Å². The molecule has 0 amide bonds. The van der Waals surface area contributed by atoms with Crippen LogP contribution in [0.3, 0.4) is 0 Å². The number of fused-ring (bicyclic) bond motifs is 1. The molecule has 6 aromatic carbocycles. The molecule has 73 heavy (non-hydrogen) atoms. The summed E-state index contributed by atoms with van der Waals surface area (Å²) in [5.74, 6) is 1.60. The summed E-state index contributed by atoms with van der Waals surface area (Å²) in [7, 11) is 0. The maximum Gasteiger partial charge on any atom is 0.164 e. The zero-order chi connectivity index (χ0) is 50.7. The van der Waals surface area contributed by atoms with Gasteiger partial charge in [-0.05, 0) is 152 Å². The van der Waals surface area contributed by atoms with Crippen LogP contribution in [0.4, 0.5) is 11.5 Å². The van der Waals surface area contributed by atoms with Gasteiger partial charge in [-0.1, -0.05) is 189 Å². The summed E-state index contributed by atoms with van der Waals surface area (Å²) in [6, 6.07) is 61.2. The van der Waals surface area contributed by atoms with Gasteiger partial charge in [0.2, 0.25) is 0 Å². The number of nitrogens with zero attached hydrogens (tertiary/aromatic N) is 5. The first kappa shape index (κ1) is 49.1. The van der Waals surface area contributed by atoms with Crippen LogP contribution >= 0.6 is 0 Å². The number of hydrogen-bond donors (Lipinski definition) is 0. The number of hydrogen-bond acceptors (Lipinski definition) is 4. The molecule has 10 rings (SSSR count). The van der Waals surface area contributed by atoms with Gasteiger partial charge in [-0.2, -0.15) is 0 Å². The van der Waals surface area contributed by atoms with Crippen LogP contribution < -0.4 is 4.90 Å². The molecule has 3 aromatic heterocycles. The lowest BCUT2D eigenvalue weighted by atomic mass is 9.94. The molecule has 0 spiro atoms. The van der Waals surface area contributed by atoms with Gasteiger partial charge in [-0.3, -0.25) is 9.47 Å². The van der Waals surface area contributed by atoms with Gasteiger partial charge in [-0.15, -0.1) is 0 Å². The van der Waals surface area contributed by atoms with Crippen molar-refractivity contribution in [2.45, 2.75) is 47.5 Å². The number of aromatic nitrogens is 4. The Labute approximate surface area is 431 Å². The highest BCUT2D eigenvalue weighted by atomic mass is 15.2. The van der Waals surface area contributed by atoms with Crippen molar-refractivity contribution >= 4 is 39.5 Å². The first-order chi connectivity index (χ1) is 35.7. The summed E-state index contributed by atoms with van der Waals surface area (Å²) >= 11 is 0. The van der Waals surface area contributed by atoms with Crippen LogP contribution in [-0.4, -0.2) is 19.5 Å². The normalized spacial score (nSPS) is 12.2. The maximum atomic E-state index is 5.35. The zero-order valence-corrected chi connectivity index (χ0v) is 42.5. The van der Waals surface area contributed by atoms with Gasteiger partial charge in [0.1, 0.15) is 17.2 Å². The Kier molecular flexibility index (Phi) is 15.4. The fraction of sp³-hybridized carbons (Fsp3) is 0.103. The molecule has 0 saturated heterocycles. The van der Waals surface area contributed by atoms with Crippen LogP contribution in [0.15, 0.2) is 255 Å². The third-order valence-electron chi connectivity index (χ3n) is 13.1. The predicted octanol–water partition coefficient (Wildman–Crippen LogP) is 18.1. The quantitative estimate of drug-likeness (QED) is 0.108. The molecule has 0 N–H and O–H groups in total. The van der Waals surface area contributed by atoms with Crippen LogP contribution in [0, 0.1) is 13.8 Å². The summed E-state index contributed by atoms with van der Waals surface area (Å²) in [6.07, 6.45) is 20.7. The van der Waals surface area contributed by atoms with Crippen LogP contribution in [0.2, 0.25) is 0 Å². The van der Waals surface area contributed by atoms with Gasteiger partial charge in [0.15, 0.2) is 5.65 Å². The molecule has 5 nitrogen and oxygen atoms in total. The molecule has 9 aromatic rings. The summed E-state index contributed by atoms with van der Waals surface area (Å²) in [4.78, 5) is 17.5. The minimum absolute atomic E-state index is 0.781. The second kappa shape index (κ2) is 22.9. The SMILES string of the molecule is C=C/C=C\C(/C=C(\C)c1cc(C(=C)N(c2ccccc2C2=CCCC=C2)c2ncccc2C)cc(-c2nc3cccnc3n2-c2ccccc2-c2ccccc2)c1)=C(C)C.Cc1ccccc1-c1ccccc1. The van der Waals surface area contributed by atoms with Crippen molar-refractivity contribution in [3.63, 3.8) is 0 Å². The topological polar surface area (TPSA) is 46.8 Å². The Hall–Kier alpha value is -8.93. The minimum Gasteiger partial charge on any atom is -0.294 e. The van der Waals surface area contributed by atoms with Crippen LogP contribution in [-0.2, 0) is 0 Å². The van der Waals surface area contributed by atoms with Crippen molar-refractivity contribution in [3.05, 3.63) is 283 Å². The lowest BCUT2D eigenvalue weighted by Crippen LogP contribution is -2.19. The summed E-state index contributed by atoms with van der Waals surface area (Å²) in [5, 5.41) is 0. The Balaban J connectivity index is 0.000000436. The van der Waals surface area contributed by atoms with Crippen molar-refractivity contribution in [1.82, 2.24) is 19.5 Å². The van der Waals surface area contributed by atoms with Gasteiger partial charge in [0, 0.05) is 34.8 Å². The number of aryl methyl sites for hydroxylation is 2. The van der Waals surface area contributed by atoms with E-state index < -0.39 is 0 Å². The van der Waals surface area contributed by atoms with Crippen LogP contribution in [0.1, 0.15) is 61.4 Å². The van der Waals surface area contributed by atoms with E-state index in [0.29, 0.717) is 0 Å². The number of pyridine rings is 2. The number of benzene rings is 6. The molecule has 1 aliphatic rings. The Morgan fingerprint density at radius 1 is 0.616 bits per heavy atom. The van der Waals surface area contributed by atoms with E-state index in [0.717, 1.165) is 103 Å². The molecule has 0 saturated carbocycles. The lowest BCUT2D eigenvalue weighted by molar-refractivity contribution is 1.04. The standard InChI is InChI=1S/C55H49N5.C13H12/c1-7-8-22-44(38(2)3)34-40(5)45-35-46(41(6)59(53-39(4)21-19-32-56-53)51-30-17-15-27-48(51)42-23-11-9-12-24-42)37-47(36-45)54-58-50-29-20-33-57-55(50)60(54)52-31-18-16-28-49(52)43-25-13-10-14-26-43;1-11-7-5-6-10-13(11)12-8-3-2-4-9-12/h7-8,10-11,13-37H,1,6,9,12H2,2-5H3;2-10H,1H3/b22-8-,40-34+;. The summed E-state index contributed by atoms with van der Waals surface area (Å²) in [5.41, 5.74) is 20.2. The fourth-order valence-electron chi connectivity index (χ4n) is 9.33. The van der Waals surface area contributed by atoms with Crippen LogP contribution in [0.25, 0.3) is 67.3 Å². The minimum atomic E-state index is 0.781. The van der Waals surface area contributed by atoms with E-state index in [1.807, 2.05) is 54.9 Å². The Morgan fingerprint density at radius 3 is 1.95 bits per heavy atom. The Morgan fingerprint density at radius 2 is 1.25 bits per heavy atom. The van der Waals surface area contributed by atoms with E-state index in [1.165, 1.54) is 27.8 Å². The number of allylic oxidation sites excluding steroid dienone is 11. The monoisotopic (exact) mass is 947 g/mol. The third-order valence-corrected chi connectivity index (χ3v) is 13.1. The second-order valence-electron chi connectivity index (χ2n) is 18.4. The summed E-state index contributed by atoms with van der Waals surface area (Å²) < 4.78 is 2.20. The van der Waals surface area contributed by atoms with Crippen molar-refractivity contribution in [2.24, 2.45) is 0 Å². The van der Waals surface area contributed by atoms with Crippen molar-refractivity contribution in [2.75, 3.05) is 4.90 Å². The van der Waals surface area contributed by atoms with Gasteiger partial charge in [0.05, 0.1) is 11.4 Å². The van der Waals surface area contributed by atoms with E-state index in [4.69, 9.17) is 21.5 Å². The molecule has 0 bridgehead atoms. The second-order valence-corrected chi connectivity index (χ2v) is 18.4. The number of para-hydroxylation sites is 2. The molecule has 0 radical (unpaired) electrons. The van der Waals surface area contributed by atoms with E-state index in [1.54, 1.807) is 0 Å². The highest BCUT2D eigenvalue weighted by Crippen LogP contribution is 2.42. The number of imidazole rings is 1. The molecule has 358 valence electrons. The number of anilines is 2. The molecular formula is C68H61N5. The van der Waals surface area contributed by atoms with Gasteiger partial charge in [0.25, 0.3) is 0 Å². The largest absolute Gasteiger partial charge is 0.294 e. The smallest absolute Gasteiger partial charge is 0.164 e. The van der Waals surface area contributed by atoms with E-state index >= 15 is 0 Å². The van der Waals surface area contributed by atoms with Crippen molar-refractivity contribution in [3.8, 4) is 39.3 Å². The van der Waals surface area contributed by atoms with Crippen LogP contribution in [0.5, 0.6) is 0 Å². The molecule has 5 heteroatoms. The molecule has 0 unspecified atom stereocenters. The number of rotatable bonds is 13. The molecule has 1 aliphatic carbocycles. The average Bonchev–Trinajstić information content (AvgIpc) is 3.83. The van der Waals surface area contributed by atoms with E-state index in [2.05, 4.69) is 227 Å². The Bertz CT molecular complexity index is 3600. The van der Waals surface area contributed by atoms with Gasteiger partial charge >= 0.3 is 0 Å². The average molecular weight is 948 g/mol. The van der Waals surface area contributed by atoms with Crippen molar-refractivity contribution < 1.29 is 0 Å². The fourth-order valence-corrected chi connectivity index (χ4v) is 9.33. The molecule has 0 atom stereocenters. The highest BCUT2D eigenvalue weighted by molar-refractivity contribution is 5.95. The van der Waals surface area contributed by atoms with Gasteiger partial charge < -0.3 is 0 Å². The van der Waals surface area contributed by atoms with Gasteiger partial charge in [-0.25, -0.2) is 15.0 Å². The maximum absolute atomic E-state index is 5.35. The zero-order valence-electron chi connectivity index (χ0n) is 42.5. The predicted molar refractivity (Wildman–Crippen MR) is 311 cm³/mol. The highest BCUT2D eigenvalue weighted by Gasteiger charge is 2.25. The van der Waals surface area contributed by atoms with E-state index in [-0.39, 0.29) is 0 Å². The molecular weight excluding hydrogens is 887 g/mol. The molecule has 3 heterocycles. The molecule has 0 fully saturated rings. The lowest BCUT2D eigenvalue weighted by Gasteiger charge is -2.30. The first-order valence-corrected chi connectivity index (χ1v) is 25.0. The molecule has 0 aliphatic heterocycles.